The summed E-state index contributed by atoms with van der Waals surface area (Å²) in [6, 6.07) is 5.36. The first-order valence-electron chi connectivity index (χ1n) is 7.27. The van der Waals surface area contributed by atoms with Crippen LogP contribution >= 0.6 is 8.58 Å². The summed E-state index contributed by atoms with van der Waals surface area (Å²) in [4.78, 5) is 12.4. The van der Waals surface area contributed by atoms with Gasteiger partial charge in [0.25, 0.3) is 0 Å². The topological polar surface area (TPSA) is 35.5 Å². The smallest absolute Gasteiger partial charge is 0.184 e. The van der Waals surface area contributed by atoms with Gasteiger partial charge in [-0.25, -0.2) is 0 Å². The third-order valence-corrected chi connectivity index (χ3v) is 4.72. The van der Waals surface area contributed by atoms with Crippen molar-refractivity contribution in [3.05, 3.63) is 23.8 Å². The molecule has 0 bridgehead atoms. The van der Waals surface area contributed by atoms with Gasteiger partial charge in [0.2, 0.25) is 0 Å². The minimum atomic E-state index is 0. The number of hydrogen-bond acceptors (Lipinski definition) is 3. The fourth-order valence-electron chi connectivity index (χ4n) is 2.47. The molecule has 5 heteroatoms. The summed E-state index contributed by atoms with van der Waals surface area (Å²) in [7, 11) is 3.47. The summed E-state index contributed by atoms with van der Waals surface area (Å²) in [6.07, 6.45) is 2.07. The van der Waals surface area contributed by atoms with Crippen LogP contribution in [0.15, 0.2) is 18.2 Å². The quantitative estimate of drug-likeness (QED) is 0.558. The maximum absolute atomic E-state index is 12.4. The molecule has 0 fully saturated rings. The van der Waals surface area contributed by atoms with Gasteiger partial charge in [0.1, 0.15) is 11.5 Å². The molecule has 1 rings (SSSR count). The van der Waals surface area contributed by atoms with Crippen molar-refractivity contribution in [2.45, 2.75) is 34.1 Å². The predicted molar refractivity (Wildman–Crippen MR) is 96.0 cm³/mol. The van der Waals surface area contributed by atoms with Gasteiger partial charge < -0.3 is 9.47 Å². The van der Waals surface area contributed by atoms with Gasteiger partial charge in [0, 0.05) is 24.9 Å². The van der Waals surface area contributed by atoms with Gasteiger partial charge in [-0.2, -0.15) is 0 Å². The Bertz CT molecular complexity index is 483. The minimum absolute atomic E-state index is 0. The number of ether oxygens (including phenoxy) is 2. The van der Waals surface area contributed by atoms with E-state index in [4.69, 9.17) is 9.47 Å². The molecule has 0 N–H and O–H groups in total. The van der Waals surface area contributed by atoms with E-state index in [-0.39, 0.29) is 33.0 Å². The Morgan fingerprint density at radius 2 is 1.86 bits per heavy atom. The zero-order valence-electron chi connectivity index (χ0n) is 14.9. The van der Waals surface area contributed by atoms with Crippen molar-refractivity contribution in [1.82, 2.24) is 0 Å². The first kappa shape index (κ1) is 21.5. The van der Waals surface area contributed by atoms with Gasteiger partial charge in [0.05, 0.1) is 19.8 Å². The molecule has 2 atom stereocenters. The van der Waals surface area contributed by atoms with Crippen molar-refractivity contribution >= 4 is 33.0 Å². The van der Waals surface area contributed by atoms with Crippen LogP contribution in [0.2, 0.25) is 0 Å². The Balaban J connectivity index is 0.00000441. The molecule has 3 nitrogen and oxygen atoms in total. The van der Waals surface area contributed by atoms with Crippen molar-refractivity contribution in [1.29, 1.82) is 0 Å². The SMILES string of the molecule is COc1ccc(C(=O)PCC(C)CC(C)(C)C)c(OC)c1.[Li]. The maximum atomic E-state index is 12.4. The molecule has 0 amide bonds. The third-order valence-electron chi connectivity index (χ3n) is 3.23. The van der Waals surface area contributed by atoms with Gasteiger partial charge >= 0.3 is 0 Å². The van der Waals surface area contributed by atoms with Crippen molar-refractivity contribution in [2.24, 2.45) is 11.3 Å². The van der Waals surface area contributed by atoms with E-state index in [1.165, 1.54) is 0 Å². The van der Waals surface area contributed by atoms with E-state index >= 15 is 0 Å². The molecule has 2 unspecified atom stereocenters. The Labute approximate surface area is 148 Å². The van der Waals surface area contributed by atoms with Crippen LogP contribution in [0.4, 0.5) is 0 Å². The molecule has 119 valence electrons. The molecule has 1 radical (unpaired) electrons. The summed E-state index contributed by atoms with van der Waals surface area (Å²) in [5, 5.41) is 0. The van der Waals surface area contributed by atoms with E-state index in [0.29, 0.717) is 28.4 Å². The maximum Gasteiger partial charge on any atom is 0.184 e. The van der Waals surface area contributed by atoms with Crippen LogP contribution in [0, 0.1) is 11.3 Å². The molecule has 0 aliphatic heterocycles. The summed E-state index contributed by atoms with van der Waals surface area (Å²) in [5.41, 5.74) is 1.12. The van der Waals surface area contributed by atoms with Gasteiger partial charge in [0.15, 0.2) is 5.52 Å². The summed E-state index contributed by atoms with van der Waals surface area (Å²) >= 11 is 0. The van der Waals surface area contributed by atoms with Crippen molar-refractivity contribution < 1.29 is 14.3 Å². The first-order chi connectivity index (χ1) is 9.76. The molecular formula is C17H27LiO3P. The average Bonchev–Trinajstić information content (AvgIpc) is 2.42. The second-order valence-corrected chi connectivity index (χ2v) is 7.86. The van der Waals surface area contributed by atoms with Crippen LogP contribution < -0.4 is 9.47 Å². The van der Waals surface area contributed by atoms with Gasteiger partial charge in [-0.1, -0.05) is 27.7 Å². The van der Waals surface area contributed by atoms with E-state index < -0.39 is 0 Å². The van der Waals surface area contributed by atoms with Crippen LogP contribution in [0.1, 0.15) is 44.5 Å². The average molecular weight is 317 g/mol. The second-order valence-electron chi connectivity index (χ2n) is 6.65. The normalized spacial score (nSPS) is 12.8. The third kappa shape index (κ3) is 7.19. The number of carbonyl (C=O) groups is 1. The first-order valence-corrected chi connectivity index (χ1v) is 8.47. The Morgan fingerprint density at radius 1 is 1.23 bits per heavy atom. The van der Waals surface area contributed by atoms with Gasteiger partial charge in [-0.05, 0) is 44.6 Å². The molecule has 1 aromatic carbocycles. The number of hydrogen-bond donors (Lipinski definition) is 0. The predicted octanol–water partition coefficient (Wildman–Crippen LogP) is 4.21. The van der Waals surface area contributed by atoms with Crippen molar-refractivity contribution in [3.63, 3.8) is 0 Å². The number of benzene rings is 1. The van der Waals surface area contributed by atoms with E-state index in [0.717, 1.165) is 12.6 Å². The van der Waals surface area contributed by atoms with Crippen LogP contribution in [0.3, 0.4) is 0 Å². The summed E-state index contributed by atoms with van der Waals surface area (Å²) in [6.45, 7) is 8.93. The Morgan fingerprint density at radius 3 is 2.36 bits per heavy atom. The Hall–Kier alpha value is -0.483. The molecule has 0 spiro atoms. The Kier molecular flexibility index (Phi) is 9.40. The molecule has 0 saturated carbocycles. The largest absolute Gasteiger partial charge is 0.497 e. The summed E-state index contributed by atoms with van der Waals surface area (Å²) < 4.78 is 10.5. The number of carbonyl (C=O) groups excluding carboxylic acids is 1. The molecule has 0 aromatic heterocycles. The van der Waals surface area contributed by atoms with E-state index in [9.17, 15) is 4.79 Å². The van der Waals surface area contributed by atoms with Gasteiger partial charge in [-0.15, -0.1) is 0 Å². The van der Waals surface area contributed by atoms with Crippen molar-refractivity contribution in [2.75, 3.05) is 20.4 Å². The molecule has 0 heterocycles. The zero-order chi connectivity index (χ0) is 16.0. The van der Waals surface area contributed by atoms with E-state index in [1.807, 2.05) is 0 Å². The molecular weight excluding hydrogens is 290 g/mol. The van der Waals surface area contributed by atoms with Crippen LogP contribution in [-0.2, 0) is 0 Å². The van der Waals surface area contributed by atoms with Gasteiger partial charge in [-0.3, -0.25) is 4.79 Å². The van der Waals surface area contributed by atoms with Crippen LogP contribution in [0.25, 0.3) is 0 Å². The van der Waals surface area contributed by atoms with Crippen molar-refractivity contribution in [3.8, 4) is 11.5 Å². The number of rotatable bonds is 7. The second kappa shape index (κ2) is 9.61. The van der Waals surface area contributed by atoms with E-state index in [1.54, 1.807) is 32.4 Å². The molecule has 0 aliphatic carbocycles. The fraction of sp³-hybridized carbons (Fsp3) is 0.588. The van der Waals surface area contributed by atoms with E-state index in [2.05, 4.69) is 27.7 Å². The molecule has 0 aliphatic rings. The number of methoxy groups -OCH3 is 2. The fourth-order valence-corrected chi connectivity index (χ4v) is 3.54. The monoisotopic (exact) mass is 317 g/mol. The zero-order valence-corrected chi connectivity index (χ0v) is 15.9. The van der Waals surface area contributed by atoms with Crippen LogP contribution in [0.5, 0.6) is 11.5 Å². The molecule has 22 heavy (non-hydrogen) atoms. The standard InChI is InChI=1S/C17H27O3P.Li/c1-12(10-17(2,3)4)11-21-16(18)14-8-7-13(19-5)9-15(14)20-6;/h7-9,12,21H,10-11H2,1-6H3;. The molecule has 0 saturated heterocycles. The van der Waals surface area contributed by atoms with Crippen LogP contribution in [-0.4, -0.2) is 44.8 Å². The minimum Gasteiger partial charge on any atom is -0.497 e. The molecule has 1 aromatic rings. The summed E-state index contributed by atoms with van der Waals surface area (Å²) in [5.74, 6) is 1.85.